The highest BCUT2D eigenvalue weighted by atomic mass is 32.2. The number of sulfonamides is 1. The fourth-order valence-electron chi connectivity index (χ4n) is 3.31. The number of hydrogen-bond donors (Lipinski definition) is 1. The van der Waals surface area contributed by atoms with Gasteiger partial charge < -0.3 is 0 Å². The molecule has 0 aliphatic heterocycles. The molecule has 2 heterocycles. The Hall–Kier alpha value is -2.42. The number of pyridine rings is 1. The van der Waals surface area contributed by atoms with Crippen LogP contribution in [-0.2, 0) is 15.8 Å². The molecule has 0 saturated heterocycles. The van der Waals surface area contributed by atoms with E-state index in [1.54, 1.807) is 43.2 Å². The first-order valence-electron chi connectivity index (χ1n) is 9.13. The molecular formula is C22H19FN2O2S3. The molecule has 4 rings (SSSR count). The number of nitrogens with zero attached hydrogens (tertiary/aromatic N) is 1. The maximum atomic E-state index is 13.6. The smallest absolute Gasteiger partial charge is 0.271 e. The average Bonchev–Trinajstić information content (AvgIpc) is 3.07. The Labute approximate surface area is 183 Å². The molecular weight excluding hydrogens is 439 g/mol. The number of hydrogen-bond acceptors (Lipinski definition) is 5. The fraction of sp³-hybridized carbons (Fsp3) is 0.136. The van der Waals surface area contributed by atoms with Gasteiger partial charge >= 0.3 is 0 Å². The van der Waals surface area contributed by atoms with Gasteiger partial charge in [-0.2, -0.15) is 11.8 Å². The summed E-state index contributed by atoms with van der Waals surface area (Å²) in [6.07, 6.45) is 5.43. The number of halogens is 1. The molecule has 4 aromatic rings. The van der Waals surface area contributed by atoms with Crippen LogP contribution in [0.25, 0.3) is 21.2 Å². The number of nitrogens with one attached hydrogen (secondary N) is 1. The van der Waals surface area contributed by atoms with Crippen LogP contribution in [0.1, 0.15) is 11.1 Å². The Morgan fingerprint density at radius 2 is 1.83 bits per heavy atom. The van der Waals surface area contributed by atoms with Gasteiger partial charge in [0.2, 0.25) is 0 Å². The SMILES string of the molecule is CSCc1cc(-c2ccncc2)ccc1NS(=O)(=O)c1sc2ccc(F)cc2c1C. The Morgan fingerprint density at radius 1 is 1.07 bits per heavy atom. The van der Waals surface area contributed by atoms with Crippen LogP contribution in [0.15, 0.2) is 65.1 Å². The van der Waals surface area contributed by atoms with Gasteiger partial charge in [0, 0.05) is 22.8 Å². The molecule has 0 radical (unpaired) electrons. The molecule has 30 heavy (non-hydrogen) atoms. The van der Waals surface area contributed by atoms with E-state index in [0.29, 0.717) is 22.4 Å². The molecule has 1 N–H and O–H groups in total. The summed E-state index contributed by atoms with van der Waals surface area (Å²) in [5.41, 5.74) is 4.01. The van der Waals surface area contributed by atoms with Gasteiger partial charge in [0.25, 0.3) is 10.0 Å². The molecule has 0 bridgehead atoms. The largest absolute Gasteiger partial charge is 0.279 e. The Morgan fingerprint density at radius 3 is 2.57 bits per heavy atom. The second kappa shape index (κ2) is 8.37. The van der Waals surface area contributed by atoms with Crippen LogP contribution in [0.2, 0.25) is 0 Å². The second-order valence-corrected chi connectivity index (χ2v) is 10.6. The van der Waals surface area contributed by atoms with Gasteiger partial charge in [-0.3, -0.25) is 9.71 Å². The molecule has 0 aliphatic carbocycles. The Kier molecular flexibility index (Phi) is 5.81. The van der Waals surface area contributed by atoms with Crippen molar-refractivity contribution in [2.75, 3.05) is 11.0 Å². The fourth-order valence-corrected chi connectivity index (χ4v) is 6.71. The second-order valence-electron chi connectivity index (χ2n) is 6.80. The van der Waals surface area contributed by atoms with Gasteiger partial charge in [-0.1, -0.05) is 6.07 Å². The lowest BCUT2D eigenvalue weighted by atomic mass is 10.0. The Balaban J connectivity index is 1.73. The van der Waals surface area contributed by atoms with Crippen molar-refractivity contribution >= 4 is 48.9 Å². The number of fused-ring (bicyclic) bond motifs is 1. The van der Waals surface area contributed by atoms with Crippen LogP contribution in [0.5, 0.6) is 0 Å². The molecule has 0 atom stereocenters. The van der Waals surface area contributed by atoms with Crippen molar-refractivity contribution in [3.63, 3.8) is 0 Å². The summed E-state index contributed by atoms with van der Waals surface area (Å²) in [7, 11) is -3.81. The predicted molar refractivity (Wildman–Crippen MR) is 124 cm³/mol. The molecule has 2 aromatic carbocycles. The Bertz CT molecular complexity index is 1320. The first-order valence-corrected chi connectivity index (χ1v) is 12.8. The van der Waals surface area contributed by atoms with Gasteiger partial charge in [0.05, 0.1) is 5.69 Å². The van der Waals surface area contributed by atoms with Crippen molar-refractivity contribution in [3.05, 3.63) is 77.9 Å². The highest BCUT2D eigenvalue weighted by Crippen LogP contribution is 2.36. The van der Waals surface area contributed by atoms with Crippen molar-refractivity contribution in [1.29, 1.82) is 0 Å². The first kappa shape index (κ1) is 20.8. The number of thiophene rings is 1. The predicted octanol–water partition coefficient (Wildman–Crippen LogP) is 6.07. The summed E-state index contributed by atoms with van der Waals surface area (Å²) in [6.45, 7) is 1.71. The zero-order valence-corrected chi connectivity index (χ0v) is 18.8. The van der Waals surface area contributed by atoms with E-state index in [1.165, 1.54) is 12.1 Å². The zero-order valence-electron chi connectivity index (χ0n) is 16.3. The molecule has 0 unspecified atom stereocenters. The zero-order chi connectivity index (χ0) is 21.3. The van der Waals surface area contributed by atoms with Crippen LogP contribution in [0, 0.1) is 12.7 Å². The topological polar surface area (TPSA) is 59.1 Å². The van der Waals surface area contributed by atoms with E-state index in [0.717, 1.165) is 32.7 Å². The number of rotatable bonds is 6. The molecule has 0 amide bonds. The number of aryl methyl sites for hydroxylation is 1. The van der Waals surface area contributed by atoms with Gasteiger partial charge in [-0.25, -0.2) is 12.8 Å². The molecule has 0 spiro atoms. The monoisotopic (exact) mass is 458 g/mol. The number of thioether (sulfide) groups is 1. The van der Waals surface area contributed by atoms with E-state index in [-0.39, 0.29) is 10.0 Å². The van der Waals surface area contributed by atoms with Crippen molar-refractivity contribution in [2.24, 2.45) is 0 Å². The van der Waals surface area contributed by atoms with Crippen LogP contribution in [-0.4, -0.2) is 19.7 Å². The molecule has 0 aliphatic rings. The number of anilines is 1. The lowest BCUT2D eigenvalue weighted by Crippen LogP contribution is -2.14. The van der Waals surface area contributed by atoms with Gasteiger partial charge in [0.15, 0.2) is 0 Å². The van der Waals surface area contributed by atoms with Gasteiger partial charge in [0.1, 0.15) is 10.0 Å². The number of aromatic nitrogens is 1. The molecule has 154 valence electrons. The average molecular weight is 459 g/mol. The normalized spacial score (nSPS) is 11.7. The van der Waals surface area contributed by atoms with E-state index in [9.17, 15) is 12.8 Å². The highest BCUT2D eigenvalue weighted by molar-refractivity contribution is 7.97. The van der Waals surface area contributed by atoms with Crippen LogP contribution in [0.4, 0.5) is 10.1 Å². The summed E-state index contributed by atoms with van der Waals surface area (Å²) < 4.78 is 43.7. The minimum absolute atomic E-state index is 0.205. The van der Waals surface area contributed by atoms with E-state index in [2.05, 4.69) is 9.71 Å². The summed E-state index contributed by atoms with van der Waals surface area (Å²) in [5.74, 6) is 0.280. The summed E-state index contributed by atoms with van der Waals surface area (Å²) >= 11 is 2.77. The van der Waals surface area contributed by atoms with Gasteiger partial charge in [-0.05, 0) is 83.3 Å². The van der Waals surface area contributed by atoms with Crippen molar-refractivity contribution < 1.29 is 12.8 Å². The lowest BCUT2D eigenvalue weighted by Gasteiger charge is -2.14. The van der Waals surface area contributed by atoms with E-state index >= 15 is 0 Å². The molecule has 8 heteroatoms. The van der Waals surface area contributed by atoms with Crippen LogP contribution >= 0.6 is 23.1 Å². The number of benzene rings is 2. The first-order chi connectivity index (χ1) is 14.4. The van der Waals surface area contributed by atoms with E-state index < -0.39 is 10.0 Å². The van der Waals surface area contributed by atoms with E-state index in [1.807, 2.05) is 30.5 Å². The summed E-state index contributed by atoms with van der Waals surface area (Å²) in [5, 5.41) is 0.623. The maximum absolute atomic E-state index is 13.6. The van der Waals surface area contributed by atoms with Gasteiger partial charge in [-0.15, -0.1) is 11.3 Å². The van der Waals surface area contributed by atoms with Crippen molar-refractivity contribution in [2.45, 2.75) is 16.9 Å². The third kappa shape index (κ3) is 4.08. The third-order valence-electron chi connectivity index (χ3n) is 4.76. The molecule has 2 aromatic heterocycles. The van der Waals surface area contributed by atoms with E-state index in [4.69, 9.17) is 0 Å². The summed E-state index contributed by atoms with van der Waals surface area (Å²) in [4.78, 5) is 4.04. The molecule has 0 fully saturated rings. The standard InChI is InChI=1S/C22H19FN2O2S3/c1-14-19-12-18(23)4-6-21(19)29-22(14)30(26,27)25-20-5-3-16(11-17(20)13-28-2)15-7-9-24-10-8-15/h3-12,25H,13H2,1-2H3. The third-order valence-corrected chi connectivity index (χ3v) is 8.62. The quantitative estimate of drug-likeness (QED) is 0.381. The van der Waals surface area contributed by atoms with Crippen LogP contribution < -0.4 is 4.72 Å². The molecule has 0 saturated carbocycles. The van der Waals surface area contributed by atoms with Crippen molar-refractivity contribution in [1.82, 2.24) is 4.98 Å². The van der Waals surface area contributed by atoms with Crippen LogP contribution in [0.3, 0.4) is 0 Å². The van der Waals surface area contributed by atoms with Crippen molar-refractivity contribution in [3.8, 4) is 11.1 Å². The summed E-state index contributed by atoms with van der Waals surface area (Å²) in [6, 6.07) is 13.9. The lowest BCUT2D eigenvalue weighted by molar-refractivity contribution is 0.602. The minimum Gasteiger partial charge on any atom is -0.279 e. The maximum Gasteiger partial charge on any atom is 0.271 e. The molecule has 4 nitrogen and oxygen atoms in total. The highest BCUT2D eigenvalue weighted by Gasteiger charge is 2.23. The minimum atomic E-state index is -3.81.